The zero-order chi connectivity index (χ0) is 19.3. The fourth-order valence-electron chi connectivity index (χ4n) is 2.86. The van der Waals surface area contributed by atoms with Crippen LogP contribution in [0.5, 0.6) is 0 Å². The van der Waals surface area contributed by atoms with Gasteiger partial charge in [0.1, 0.15) is 23.3 Å². The predicted octanol–water partition coefficient (Wildman–Crippen LogP) is 4.72. The number of nitrogens with zero attached hydrogens (tertiary/aromatic N) is 4. The van der Waals surface area contributed by atoms with E-state index in [2.05, 4.69) is 25.6 Å². The Morgan fingerprint density at radius 2 is 1.71 bits per heavy atom. The highest BCUT2D eigenvalue weighted by Crippen LogP contribution is 2.24. The summed E-state index contributed by atoms with van der Waals surface area (Å²) in [5.41, 5.74) is 1.91. The lowest BCUT2D eigenvalue weighted by Gasteiger charge is -2.17. The van der Waals surface area contributed by atoms with Crippen LogP contribution in [0.1, 0.15) is 18.5 Å². The Bertz CT molecular complexity index is 1030. The fraction of sp³-hybridized carbons (Fsp3) is 0.0952. The summed E-state index contributed by atoms with van der Waals surface area (Å²) in [5, 5.41) is 6.56. The molecule has 140 valence electrons. The Morgan fingerprint density at radius 1 is 0.964 bits per heavy atom. The molecule has 3 heterocycles. The van der Waals surface area contributed by atoms with Crippen molar-refractivity contribution in [1.29, 1.82) is 0 Å². The summed E-state index contributed by atoms with van der Waals surface area (Å²) in [4.78, 5) is 12.9. The number of halogens is 1. The van der Waals surface area contributed by atoms with Gasteiger partial charge in [0.15, 0.2) is 0 Å². The van der Waals surface area contributed by atoms with Crippen molar-refractivity contribution in [2.45, 2.75) is 13.0 Å². The third kappa shape index (κ3) is 4.15. The number of pyridine rings is 1. The SMILES string of the molecule is C[C@H](Nc1cc(-n2cccc2)cc(Nc2cnccn2)n1)c1ccc(F)cc1. The molecule has 0 amide bonds. The lowest BCUT2D eigenvalue weighted by Crippen LogP contribution is -2.10. The first-order valence-electron chi connectivity index (χ1n) is 8.88. The minimum absolute atomic E-state index is 0.0441. The Balaban J connectivity index is 1.64. The molecule has 0 saturated carbocycles. The maximum atomic E-state index is 13.2. The smallest absolute Gasteiger partial charge is 0.150 e. The second-order valence-electron chi connectivity index (χ2n) is 6.32. The van der Waals surface area contributed by atoms with Gasteiger partial charge in [-0.2, -0.15) is 0 Å². The van der Waals surface area contributed by atoms with E-state index in [4.69, 9.17) is 0 Å². The molecule has 0 unspecified atom stereocenters. The summed E-state index contributed by atoms with van der Waals surface area (Å²) in [5.74, 6) is 1.69. The lowest BCUT2D eigenvalue weighted by atomic mass is 10.1. The lowest BCUT2D eigenvalue weighted by molar-refractivity contribution is 0.626. The van der Waals surface area contributed by atoms with E-state index in [0.29, 0.717) is 17.5 Å². The van der Waals surface area contributed by atoms with Gasteiger partial charge in [0.05, 0.1) is 11.9 Å². The second-order valence-corrected chi connectivity index (χ2v) is 6.32. The molecule has 1 aromatic carbocycles. The molecule has 2 N–H and O–H groups in total. The van der Waals surface area contributed by atoms with Gasteiger partial charge in [-0.1, -0.05) is 12.1 Å². The summed E-state index contributed by atoms with van der Waals surface area (Å²) in [6.45, 7) is 2.01. The summed E-state index contributed by atoms with van der Waals surface area (Å²) < 4.78 is 15.2. The molecule has 0 aliphatic carbocycles. The van der Waals surface area contributed by atoms with Gasteiger partial charge in [-0.25, -0.2) is 14.4 Å². The highest BCUT2D eigenvalue weighted by molar-refractivity contribution is 5.60. The van der Waals surface area contributed by atoms with Crippen LogP contribution in [0, 0.1) is 5.82 Å². The first-order valence-corrected chi connectivity index (χ1v) is 8.88. The zero-order valence-corrected chi connectivity index (χ0v) is 15.2. The minimum Gasteiger partial charge on any atom is -0.363 e. The molecule has 0 bridgehead atoms. The molecule has 0 fully saturated rings. The molecule has 0 radical (unpaired) electrons. The molecular formula is C21H19FN6. The van der Waals surface area contributed by atoms with Crippen LogP contribution in [0.25, 0.3) is 5.69 Å². The number of hydrogen-bond donors (Lipinski definition) is 2. The Hall–Kier alpha value is -3.74. The third-order valence-corrected chi connectivity index (χ3v) is 4.27. The Morgan fingerprint density at radius 3 is 2.43 bits per heavy atom. The Labute approximate surface area is 162 Å². The molecular weight excluding hydrogens is 355 g/mol. The number of nitrogens with one attached hydrogen (secondary N) is 2. The van der Waals surface area contributed by atoms with Gasteiger partial charge in [0, 0.05) is 43.0 Å². The number of hydrogen-bond acceptors (Lipinski definition) is 5. The molecule has 28 heavy (non-hydrogen) atoms. The maximum absolute atomic E-state index is 13.2. The average Bonchev–Trinajstić information content (AvgIpc) is 3.24. The minimum atomic E-state index is -0.251. The fourth-order valence-corrected chi connectivity index (χ4v) is 2.86. The van der Waals surface area contributed by atoms with E-state index < -0.39 is 0 Å². The van der Waals surface area contributed by atoms with Gasteiger partial charge >= 0.3 is 0 Å². The molecule has 0 aliphatic rings. The average molecular weight is 374 g/mol. The van der Waals surface area contributed by atoms with Gasteiger partial charge < -0.3 is 15.2 Å². The van der Waals surface area contributed by atoms with Crippen LogP contribution >= 0.6 is 0 Å². The predicted molar refractivity (Wildman–Crippen MR) is 107 cm³/mol. The summed E-state index contributed by atoms with van der Waals surface area (Å²) in [6.07, 6.45) is 8.81. The molecule has 4 rings (SSSR count). The van der Waals surface area contributed by atoms with Gasteiger partial charge in [-0.3, -0.25) is 4.98 Å². The monoisotopic (exact) mass is 374 g/mol. The van der Waals surface area contributed by atoms with Crippen LogP contribution in [0.15, 0.2) is 79.5 Å². The summed E-state index contributed by atoms with van der Waals surface area (Å²) >= 11 is 0. The van der Waals surface area contributed by atoms with E-state index in [0.717, 1.165) is 11.3 Å². The van der Waals surface area contributed by atoms with Crippen molar-refractivity contribution in [2.75, 3.05) is 10.6 Å². The largest absolute Gasteiger partial charge is 0.363 e. The van der Waals surface area contributed by atoms with E-state index in [1.165, 1.54) is 12.1 Å². The van der Waals surface area contributed by atoms with Crippen molar-refractivity contribution in [1.82, 2.24) is 19.5 Å². The maximum Gasteiger partial charge on any atom is 0.150 e. The van der Waals surface area contributed by atoms with Crippen molar-refractivity contribution in [2.24, 2.45) is 0 Å². The number of benzene rings is 1. The zero-order valence-electron chi connectivity index (χ0n) is 15.2. The second kappa shape index (κ2) is 7.87. The van der Waals surface area contributed by atoms with E-state index >= 15 is 0 Å². The third-order valence-electron chi connectivity index (χ3n) is 4.27. The van der Waals surface area contributed by atoms with Crippen molar-refractivity contribution < 1.29 is 4.39 Å². The Kier molecular flexibility index (Phi) is 4.97. The molecule has 4 aromatic rings. The van der Waals surface area contributed by atoms with E-state index in [-0.39, 0.29) is 11.9 Å². The van der Waals surface area contributed by atoms with Crippen LogP contribution < -0.4 is 10.6 Å². The molecule has 3 aromatic heterocycles. The first kappa shape index (κ1) is 17.7. The molecule has 0 saturated heterocycles. The molecule has 7 heteroatoms. The highest BCUT2D eigenvalue weighted by atomic mass is 19.1. The molecule has 0 spiro atoms. The highest BCUT2D eigenvalue weighted by Gasteiger charge is 2.10. The molecule has 6 nitrogen and oxygen atoms in total. The van der Waals surface area contributed by atoms with Crippen molar-refractivity contribution in [3.05, 3.63) is 90.9 Å². The van der Waals surface area contributed by atoms with Gasteiger partial charge in [0.2, 0.25) is 0 Å². The van der Waals surface area contributed by atoms with Gasteiger partial charge in [0.25, 0.3) is 0 Å². The topological polar surface area (TPSA) is 67.7 Å². The van der Waals surface area contributed by atoms with Crippen LogP contribution in [0.2, 0.25) is 0 Å². The molecule has 0 aliphatic heterocycles. The normalized spacial score (nSPS) is 11.8. The summed E-state index contributed by atoms with van der Waals surface area (Å²) in [6, 6.07) is 14.2. The van der Waals surface area contributed by atoms with Gasteiger partial charge in [-0.15, -0.1) is 0 Å². The van der Waals surface area contributed by atoms with Crippen molar-refractivity contribution in [3.8, 4) is 5.69 Å². The van der Waals surface area contributed by atoms with Crippen LogP contribution in [-0.4, -0.2) is 19.5 Å². The quantitative estimate of drug-likeness (QED) is 0.511. The van der Waals surface area contributed by atoms with Crippen molar-refractivity contribution >= 4 is 17.5 Å². The van der Waals surface area contributed by atoms with E-state index in [9.17, 15) is 4.39 Å². The standard InChI is InChI=1S/C21H19FN6/c1-15(16-4-6-17(22)7-5-16)25-19-12-18(28-10-2-3-11-28)13-20(26-19)27-21-14-23-8-9-24-21/h2-15H,1H3,(H2,24,25,26,27)/t15-/m0/s1. The van der Waals surface area contributed by atoms with Gasteiger partial charge in [-0.05, 0) is 36.8 Å². The van der Waals surface area contributed by atoms with Crippen LogP contribution in [0.4, 0.5) is 21.8 Å². The number of anilines is 3. The van der Waals surface area contributed by atoms with Crippen LogP contribution in [0.3, 0.4) is 0 Å². The number of rotatable bonds is 6. The van der Waals surface area contributed by atoms with Crippen LogP contribution in [-0.2, 0) is 0 Å². The van der Waals surface area contributed by atoms with E-state index in [1.807, 2.05) is 48.1 Å². The molecule has 1 atom stereocenters. The number of aromatic nitrogens is 4. The van der Waals surface area contributed by atoms with Crippen molar-refractivity contribution in [3.63, 3.8) is 0 Å². The summed E-state index contributed by atoms with van der Waals surface area (Å²) in [7, 11) is 0. The van der Waals surface area contributed by atoms with E-state index in [1.54, 1.807) is 30.7 Å². The first-order chi connectivity index (χ1) is 13.7.